The fourth-order valence-electron chi connectivity index (χ4n) is 2.19. The van der Waals surface area contributed by atoms with Gasteiger partial charge in [-0.1, -0.05) is 47.6 Å². The second-order valence-corrected chi connectivity index (χ2v) is 7.09. The molecule has 134 valence electrons. The molecule has 0 bridgehead atoms. The first kappa shape index (κ1) is 20.0. The third kappa shape index (κ3) is 5.55. The number of hydrogen-bond acceptors (Lipinski definition) is 4. The van der Waals surface area contributed by atoms with E-state index >= 15 is 0 Å². The Balaban J connectivity index is 2.91. The zero-order valence-electron chi connectivity index (χ0n) is 15.5. The molecule has 1 amide bonds. The zero-order chi connectivity index (χ0) is 18.4. The number of carbonyl (C=O) groups excluding carboxylic acids is 2. The molecule has 0 radical (unpaired) electrons. The Kier molecular flexibility index (Phi) is 7.26. The van der Waals surface area contributed by atoms with Crippen LogP contribution in [0.25, 0.3) is 0 Å². The van der Waals surface area contributed by atoms with Crippen molar-refractivity contribution in [2.45, 2.75) is 53.4 Å². The molecule has 0 heterocycles. The number of hydrogen-bond donors (Lipinski definition) is 2. The lowest BCUT2D eigenvalue weighted by molar-refractivity contribution is -0.124. The van der Waals surface area contributed by atoms with Gasteiger partial charge in [0.1, 0.15) is 11.3 Å². The van der Waals surface area contributed by atoms with E-state index in [1.165, 1.54) is 0 Å². The fraction of sp³-hybridized carbons (Fsp3) is 0.579. The molecule has 1 rings (SSSR count). The van der Waals surface area contributed by atoms with Crippen LogP contribution in [-0.4, -0.2) is 30.1 Å². The van der Waals surface area contributed by atoms with Crippen molar-refractivity contribution in [3.63, 3.8) is 0 Å². The Morgan fingerprint density at radius 2 is 1.71 bits per heavy atom. The van der Waals surface area contributed by atoms with Gasteiger partial charge >= 0.3 is 5.97 Å². The molecule has 1 aromatic rings. The molecule has 0 unspecified atom stereocenters. The van der Waals surface area contributed by atoms with Crippen molar-refractivity contribution in [1.29, 1.82) is 0 Å². The molecule has 0 aromatic heterocycles. The molecule has 24 heavy (non-hydrogen) atoms. The van der Waals surface area contributed by atoms with Crippen LogP contribution in [0.1, 0.15) is 74.9 Å². The highest BCUT2D eigenvalue weighted by Gasteiger charge is 2.21. The highest BCUT2D eigenvalue weighted by Crippen LogP contribution is 2.33. The summed E-state index contributed by atoms with van der Waals surface area (Å²) in [5.74, 6) is -0.488. The minimum Gasteiger partial charge on any atom is -0.507 e. The van der Waals surface area contributed by atoms with Gasteiger partial charge in [-0.2, -0.15) is 0 Å². The summed E-state index contributed by atoms with van der Waals surface area (Å²) in [6.45, 7) is 12.1. The van der Waals surface area contributed by atoms with Crippen LogP contribution in [0.4, 0.5) is 0 Å². The van der Waals surface area contributed by atoms with Crippen molar-refractivity contribution in [3.8, 4) is 5.75 Å². The van der Waals surface area contributed by atoms with E-state index in [1.807, 2.05) is 47.6 Å². The molecular formula is C19H29NO4. The molecular weight excluding hydrogens is 306 g/mol. The standard InChI is InChI=1S/C19H29NO4/c1-11(2)9-20-17(21)10-24-19(23)16-8-14(12(3)4)7-15(13(5)6)18(16)22/h7-8,11-13,22H,9-10H2,1-6H3,(H,20,21). The number of rotatable bonds is 7. The quantitative estimate of drug-likeness (QED) is 0.747. The molecule has 0 saturated carbocycles. The van der Waals surface area contributed by atoms with Gasteiger partial charge < -0.3 is 15.2 Å². The second kappa shape index (κ2) is 8.71. The van der Waals surface area contributed by atoms with Crippen molar-refractivity contribution in [1.82, 2.24) is 5.32 Å². The molecule has 0 aliphatic heterocycles. The summed E-state index contributed by atoms with van der Waals surface area (Å²) >= 11 is 0. The predicted molar refractivity (Wildman–Crippen MR) is 94.4 cm³/mol. The number of esters is 1. The average molecular weight is 335 g/mol. The molecule has 5 heteroatoms. The summed E-state index contributed by atoms with van der Waals surface area (Å²) in [6.07, 6.45) is 0. The van der Waals surface area contributed by atoms with E-state index in [9.17, 15) is 14.7 Å². The van der Waals surface area contributed by atoms with E-state index in [0.717, 1.165) is 5.56 Å². The maximum atomic E-state index is 12.3. The summed E-state index contributed by atoms with van der Waals surface area (Å²) < 4.78 is 5.06. The summed E-state index contributed by atoms with van der Waals surface area (Å²) in [7, 11) is 0. The lowest BCUT2D eigenvalue weighted by atomic mass is 9.92. The van der Waals surface area contributed by atoms with Crippen molar-refractivity contribution >= 4 is 11.9 Å². The first-order valence-electron chi connectivity index (χ1n) is 8.44. The van der Waals surface area contributed by atoms with Crippen LogP contribution < -0.4 is 5.32 Å². The second-order valence-electron chi connectivity index (χ2n) is 7.09. The summed E-state index contributed by atoms with van der Waals surface area (Å²) in [6, 6.07) is 3.55. The van der Waals surface area contributed by atoms with Gasteiger partial charge in [0, 0.05) is 6.54 Å². The first-order valence-corrected chi connectivity index (χ1v) is 8.44. The summed E-state index contributed by atoms with van der Waals surface area (Å²) in [5, 5.41) is 13.1. The molecule has 2 N–H and O–H groups in total. The maximum absolute atomic E-state index is 12.3. The van der Waals surface area contributed by atoms with Crippen LogP contribution in [0.3, 0.4) is 0 Å². The monoisotopic (exact) mass is 335 g/mol. The minimum absolute atomic E-state index is 0.0676. The molecule has 0 aliphatic rings. The molecule has 5 nitrogen and oxygen atoms in total. The number of carbonyl (C=O) groups is 2. The van der Waals surface area contributed by atoms with Gasteiger partial charge in [-0.05, 0) is 34.9 Å². The van der Waals surface area contributed by atoms with Gasteiger partial charge in [0.2, 0.25) is 0 Å². The van der Waals surface area contributed by atoms with Gasteiger partial charge in [0.25, 0.3) is 5.91 Å². The van der Waals surface area contributed by atoms with Gasteiger partial charge in [0.15, 0.2) is 6.61 Å². The Hall–Kier alpha value is -2.04. The van der Waals surface area contributed by atoms with Crippen LogP contribution in [0.5, 0.6) is 5.75 Å². The summed E-state index contributed by atoms with van der Waals surface area (Å²) in [4.78, 5) is 24.0. The average Bonchev–Trinajstić information content (AvgIpc) is 2.50. The molecule has 0 atom stereocenters. The van der Waals surface area contributed by atoms with Crippen molar-refractivity contribution in [2.75, 3.05) is 13.2 Å². The van der Waals surface area contributed by atoms with Crippen LogP contribution >= 0.6 is 0 Å². The lowest BCUT2D eigenvalue weighted by Crippen LogP contribution is -2.31. The van der Waals surface area contributed by atoms with E-state index in [1.54, 1.807) is 6.07 Å². The Morgan fingerprint density at radius 1 is 1.08 bits per heavy atom. The van der Waals surface area contributed by atoms with E-state index < -0.39 is 5.97 Å². The number of nitrogens with one attached hydrogen (secondary N) is 1. The number of benzene rings is 1. The maximum Gasteiger partial charge on any atom is 0.342 e. The van der Waals surface area contributed by atoms with Gasteiger partial charge in [-0.25, -0.2) is 4.79 Å². The molecule has 0 spiro atoms. The molecule has 0 aliphatic carbocycles. The number of phenolic OH excluding ortho intramolecular Hbond substituents is 1. The van der Waals surface area contributed by atoms with Gasteiger partial charge in [0.05, 0.1) is 0 Å². The Labute approximate surface area is 144 Å². The highest BCUT2D eigenvalue weighted by atomic mass is 16.5. The van der Waals surface area contributed by atoms with Crippen molar-refractivity contribution < 1.29 is 19.4 Å². The first-order chi connectivity index (χ1) is 11.1. The van der Waals surface area contributed by atoms with Gasteiger partial charge in [-0.3, -0.25) is 4.79 Å². The number of aromatic hydroxyl groups is 1. The third-order valence-corrected chi connectivity index (χ3v) is 3.71. The highest BCUT2D eigenvalue weighted by molar-refractivity contribution is 5.94. The predicted octanol–water partition coefficient (Wildman–Crippen LogP) is 3.57. The Morgan fingerprint density at radius 3 is 2.21 bits per heavy atom. The van der Waals surface area contributed by atoms with Crippen LogP contribution in [0, 0.1) is 5.92 Å². The molecule has 0 fully saturated rings. The topological polar surface area (TPSA) is 75.6 Å². The van der Waals surface area contributed by atoms with E-state index in [-0.39, 0.29) is 35.7 Å². The number of amides is 1. The lowest BCUT2D eigenvalue weighted by Gasteiger charge is -2.16. The fourth-order valence-corrected chi connectivity index (χ4v) is 2.19. The number of phenols is 1. The largest absolute Gasteiger partial charge is 0.507 e. The van der Waals surface area contributed by atoms with Crippen LogP contribution in [0.15, 0.2) is 12.1 Å². The van der Waals surface area contributed by atoms with E-state index in [2.05, 4.69) is 5.32 Å². The molecule has 0 saturated heterocycles. The van der Waals surface area contributed by atoms with E-state index in [0.29, 0.717) is 18.0 Å². The van der Waals surface area contributed by atoms with Crippen molar-refractivity contribution in [2.24, 2.45) is 5.92 Å². The smallest absolute Gasteiger partial charge is 0.342 e. The minimum atomic E-state index is -0.684. The Bertz CT molecular complexity index is 591. The van der Waals surface area contributed by atoms with Crippen LogP contribution in [0.2, 0.25) is 0 Å². The van der Waals surface area contributed by atoms with Gasteiger partial charge in [-0.15, -0.1) is 0 Å². The van der Waals surface area contributed by atoms with E-state index in [4.69, 9.17) is 4.74 Å². The normalized spacial score (nSPS) is 11.2. The third-order valence-electron chi connectivity index (χ3n) is 3.71. The number of ether oxygens (including phenoxy) is 1. The zero-order valence-corrected chi connectivity index (χ0v) is 15.5. The van der Waals surface area contributed by atoms with Crippen LogP contribution in [-0.2, 0) is 9.53 Å². The summed E-state index contributed by atoms with van der Waals surface area (Å²) in [5.41, 5.74) is 1.77. The SMILES string of the molecule is CC(C)CNC(=O)COC(=O)c1cc(C(C)C)cc(C(C)C)c1O. The molecule has 1 aromatic carbocycles. The van der Waals surface area contributed by atoms with Crippen molar-refractivity contribution in [3.05, 3.63) is 28.8 Å².